The second-order valence-electron chi connectivity index (χ2n) is 7.04. The van der Waals surface area contributed by atoms with Crippen LogP contribution >= 0.6 is 0 Å². The number of aromatic nitrogens is 1. The van der Waals surface area contributed by atoms with Gasteiger partial charge in [0.1, 0.15) is 0 Å². The summed E-state index contributed by atoms with van der Waals surface area (Å²) in [5.74, 6) is 1.47. The zero-order valence-electron chi connectivity index (χ0n) is 13.4. The lowest BCUT2D eigenvalue weighted by Gasteiger charge is -2.49. The molecule has 1 aromatic heterocycles. The third kappa shape index (κ3) is 3.00. The summed E-state index contributed by atoms with van der Waals surface area (Å²) in [5, 5.41) is 3.72. The van der Waals surface area contributed by atoms with Crippen molar-refractivity contribution in [3.8, 4) is 0 Å². The summed E-state index contributed by atoms with van der Waals surface area (Å²) < 4.78 is 1.65. The van der Waals surface area contributed by atoms with Crippen LogP contribution in [-0.2, 0) is 7.05 Å². The first kappa shape index (κ1) is 14.6. The SMILES string of the molecule is CC(C)N1CC2CCCC(C1)C2Nc1ccc(=O)n(C)c1. The van der Waals surface area contributed by atoms with E-state index in [1.54, 1.807) is 10.6 Å². The molecule has 2 bridgehead atoms. The Kier molecular flexibility index (Phi) is 4.07. The van der Waals surface area contributed by atoms with Crippen molar-refractivity contribution in [3.05, 3.63) is 28.7 Å². The molecule has 1 saturated heterocycles. The van der Waals surface area contributed by atoms with Gasteiger partial charge < -0.3 is 14.8 Å². The van der Waals surface area contributed by atoms with Crippen LogP contribution < -0.4 is 10.9 Å². The third-order valence-corrected chi connectivity index (χ3v) is 5.25. The van der Waals surface area contributed by atoms with Crippen molar-refractivity contribution in [2.45, 2.75) is 45.2 Å². The van der Waals surface area contributed by atoms with Gasteiger partial charge in [0, 0.05) is 44.5 Å². The normalized spacial score (nSPS) is 29.6. The average Bonchev–Trinajstić information content (AvgIpc) is 2.42. The first-order chi connectivity index (χ1) is 10.0. The van der Waals surface area contributed by atoms with Crippen LogP contribution in [0.5, 0.6) is 0 Å². The van der Waals surface area contributed by atoms with E-state index in [0.29, 0.717) is 12.1 Å². The molecule has 0 aromatic carbocycles. The lowest BCUT2D eigenvalue weighted by atomic mass is 9.73. The number of nitrogens with one attached hydrogen (secondary N) is 1. The minimum atomic E-state index is 0.0513. The van der Waals surface area contributed by atoms with Gasteiger partial charge in [-0.3, -0.25) is 4.79 Å². The van der Waals surface area contributed by atoms with Gasteiger partial charge in [-0.25, -0.2) is 0 Å². The van der Waals surface area contributed by atoms with E-state index in [0.717, 1.165) is 17.5 Å². The average molecular weight is 289 g/mol. The first-order valence-corrected chi connectivity index (χ1v) is 8.22. The van der Waals surface area contributed by atoms with E-state index in [1.165, 1.54) is 32.4 Å². The van der Waals surface area contributed by atoms with Gasteiger partial charge in [-0.05, 0) is 44.6 Å². The molecule has 1 N–H and O–H groups in total. The quantitative estimate of drug-likeness (QED) is 0.928. The summed E-state index contributed by atoms with van der Waals surface area (Å²) in [6, 6.07) is 4.78. The minimum absolute atomic E-state index is 0.0513. The molecule has 2 aliphatic rings. The maximum Gasteiger partial charge on any atom is 0.250 e. The lowest BCUT2D eigenvalue weighted by molar-refractivity contribution is 0.0518. The molecule has 0 spiro atoms. The van der Waals surface area contributed by atoms with Crippen molar-refractivity contribution in [3.63, 3.8) is 0 Å². The predicted molar refractivity (Wildman–Crippen MR) is 86.6 cm³/mol. The van der Waals surface area contributed by atoms with Crippen molar-refractivity contribution in [2.75, 3.05) is 18.4 Å². The standard InChI is InChI=1S/C17H27N3O/c1-12(2)20-9-13-5-4-6-14(10-20)17(13)18-15-7-8-16(21)19(3)11-15/h7-8,11-14,17-18H,4-6,9-10H2,1-3H3. The fraction of sp³-hybridized carbons (Fsp3) is 0.706. The summed E-state index contributed by atoms with van der Waals surface area (Å²) in [5.41, 5.74) is 1.13. The van der Waals surface area contributed by atoms with Crippen molar-refractivity contribution in [1.82, 2.24) is 9.47 Å². The van der Waals surface area contributed by atoms with E-state index < -0.39 is 0 Å². The van der Waals surface area contributed by atoms with E-state index in [1.807, 2.05) is 19.3 Å². The van der Waals surface area contributed by atoms with Crippen LogP contribution in [0.3, 0.4) is 0 Å². The molecule has 1 aliphatic carbocycles. The molecule has 3 rings (SSSR count). The van der Waals surface area contributed by atoms with E-state index in [2.05, 4.69) is 24.1 Å². The summed E-state index contributed by atoms with van der Waals surface area (Å²) in [6.45, 7) is 7.02. The Morgan fingerprint density at radius 1 is 1.19 bits per heavy atom. The van der Waals surface area contributed by atoms with Crippen LogP contribution in [0.25, 0.3) is 0 Å². The Morgan fingerprint density at radius 2 is 1.86 bits per heavy atom. The van der Waals surface area contributed by atoms with Gasteiger partial charge in [0.2, 0.25) is 5.56 Å². The lowest BCUT2D eigenvalue weighted by Crippen LogP contribution is -2.56. The molecular formula is C17H27N3O. The van der Waals surface area contributed by atoms with Crippen molar-refractivity contribution < 1.29 is 0 Å². The number of hydrogen-bond donors (Lipinski definition) is 1. The van der Waals surface area contributed by atoms with Gasteiger partial charge in [-0.2, -0.15) is 0 Å². The Morgan fingerprint density at radius 3 is 2.43 bits per heavy atom. The van der Waals surface area contributed by atoms with Crippen LogP contribution in [0.15, 0.2) is 23.1 Å². The number of aryl methyl sites for hydroxylation is 1. The molecular weight excluding hydrogens is 262 g/mol. The summed E-state index contributed by atoms with van der Waals surface area (Å²) in [7, 11) is 1.82. The van der Waals surface area contributed by atoms with Crippen LogP contribution in [0.1, 0.15) is 33.1 Å². The molecule has 2 heterocycles. The largest absolute Gasteiger partial charge is 0.380 e. The second kappa shape index (κ2) is 5.84. The molecule has 1 aromatic rings. The molecule has 2 fully saturated rings. The Labute approximate surface area is 127 Å². The summed E-state index contributed by atoms with van der Waals surface area (Å²) in [4.78, 5) is 14.1. The van der Waals surface area contributed by atoms with Gasteiger partial charge in [-0.15, -0.1) is 0 Å². The van der Waals surface area contributed by atoms with Gasteiger partial charge in [0.25, 0.3) is 0 Å². The Hall–Kier alpha value is -1.29. The van der Waals surface area contributed by atoms with E-state index >= 15 is 0 Å². The number of pyridine rings is 1. The highest BCUT2D eigenvalue weighted by molar-refractivity contribution is 5.42. The van der Waals surface area contributed by atoms with Crippen LogP contribution in [0.2, 0.25) is 0 Å². The summed E-state index contributed by atoms with van der Waals surface area (Å²) >= 11 is 0. The van der Waals surface area contributed by atoms with Crippen LogP contribution in [0.4, 0.5) is 5.69 Å². The Bertz CT molecular complexity index is 537. The van der Waals surface area contributed by atoms with Crippen molar-refractivity contribution >= 4 is 5.69 Å². The summed E-state index contributed by atoms with van der Waals surface area (Å²) in [6.07, 6.45) is 5.94. The topological polar surface area (TPSA) is 37.3 Å². The number of likely N-dealkylation sites (tertiary alicyclic amines) is 1. The van der Waals surface area contributed by atoms with E-state index in [9.17, 15) is 4.79 Å². The van der Waals surface area contributed by atoms with Crippen molar-refractivity contribution in [2.24, 2.45) is 18.9 Å². The van der Waals surface area contributed by atoms with Crippen LogP contribution in [0, 0.1) is 11.8 Å². The maximum absolute atomic E-state index is 11.5. The predicted octanol–water partition coefficient (Wildman–Crippen LogP) is 2.31. The monoisotopic (exact) mass is 289 g/mol. The number of fused-ring (bicyclic) bond motifs is 2. The van der Waals surface area contributed by atoms with E-state index in [-0.39, 0.29) is 5.56 Å². The van der Waals surface area contributed by atoms with E-state index in [4.69, 9.17) is 0 Å². The molecule has 0 radical (unpaired) electrons. The highest BCUT2D eigenvalue weighted by Gasteiger charge is 2.39. The fourth-order valence-electron chi connectivity index (χ4n) is 4.00. The maximum atomic E-state index is 11.5. The highest BCUT2D eigenvalue weighted by Crippen LogP contribution is 2.37. The Balaban J connectivity index is 1.76. The second-order valence-corrected chi connectivity index (χ2v) is 7.04. The van der Waals surface area contributed by atoms with Gasteiger partial charge in [0.05, 0.1) is 5.69 Å². The number of piperidine rings is 1. The highest BCUT2D eigenvalue weighted by atomic mass is 16.1. The van der Waals surface area contributed by atoms with Crippen LogP contribution in [-0.4, -0.2) is 34.6 Å². The number of anilines is 1. The number of nitrogens with zero attached hydrogens (tertiary/aromatic N) is 2. The van der Waals surface area contributed by atoms with Gasteiger partial charge >= 0.3 is 0 Å². The molecule has 116 valence electrons. The molecule has 2 atom stereocenters. The molecule has 4 nitrogen and oxygen atoms in total. The van der Waals surface area contributed by atoms with Gasteiger partial charge in [-0.1, -0.05) is 6.42 Å². The number of hydrogen-bond acceptors (Lipinski definition) is 3. The number of rotatable bonds is 3. The zero-order valence-corrected chi connectivity index (χ0v) is 13.4. The van der Waals surface area contributed by atoms with Crippen molar-refractivity contribution in [1.29, 1.82) is 0 Å². The molecule has 4 heteroatoms. The minimum Gasteiger partial charge on any atom is -0.380 e. The molecule has 0 amide bonds. The molecule has 1 saturated carbocycles. The zero-order chi connectivity index (χ0) is 15.0. The third-order valence-electron chi connectivity index (χ3n) is 5.25. The molecule has 21 heavy (non-hydrogen) atoms. The first-order valence-electron chi connectivity index (χ1n) is 8.22. The molecule has 2 unspecified atom stereocenters. The molecule has 1 aliphatic heterocycles. The smallest absolute Gasteiger partial charge is 0.250 e. The fourth-order valence-corrected chi connectivity index (χ4v) is 4.00. The van der Waals surface area contributed by atoms with Gasteiger partial charge in [0.15, 0.2) is 0 Å².